The number of esters is 1. The SMILES string of the molecule is CN=C(NCc1ccc(C(=O)OC)c(OC)c1)Nc1ccc(OC)c(OC)c1. The fraction of sp³-hybridized carbons (Fsp3) is 0.300. The number of hydrogen-bond acceptors (Lipinski definition) is 6. The van der Waals surface area contributed by atoms with E-state index in [2.05, 4.69) is 15.6 Å². The molecular formula is C20H25N3O5. The molecule has 8 nitrogen and oxygen atoms in total. The van der Waals surface area contributed by atoms with Gasteiger partial charge < -0.3 is 29.6 Å². The van der Waals surface area contributed by atoms with Gasteiger partial charge in [-0.05, 0) is 29.8 Å². The lowest BCUT2D eigenvalue weighted by Gasteiger charge is -2.15. The van der Waals surface area contributed by atoms with Gasteiger partial charge in [-0.25, -0.2) is 4.79 Å². The molecule has 150 valence electrons. The van der Waals surface area contributed by atoms with E-state index in [0.29, 0.717) is 35.3 Å². The minimum Gasteiger partial charge on any atom is -0.496 e. The Balaban J connectivity index is 2.07. The molecule has 8 heteroatoms. The lowest BCUT2D eigenvalue weighted by Crippen LogP contribution is -2.30. The average Bonchev–Trinajstić information content (AvgIpc) is 2.75. The third-order valence-corrected chi connectivity index (χ3v) is 4.00. The summed E-state index contributed by atoms with van der Waals surface area (Å²) in [5.74, 6) is 1.85. The van der Waals surface area contributed by atoms with Crippen LogP contribution in [0.5, 0.6) is 17.2 Å². The van der Waals surface area contributed by atoms with E-state index >= 15 is 0 Å². The topological polar surface area (TPSA) is 90.4 Å². The van der Waals surface area contributed by atoms with Gasteiger partial charge in [0.1, 0.15) is 11.3 Å². The summed E-state index contributed by atoms with van der Waals surface area (Å²) < 4.78 is 20.6. The minimum atomic E-state index is -0.442. The second-order valence-corrected chi connectivity index (χ2v) is 5.65. The van der Waals surface area contributed by atoms with Crippen molar-refractivity contribution in [2.45, 2.75) is 6.54 Å². The van der Waals surface area contributed by atoms with Gasteiger partial charge in [0.05, 0.1) is 28.4 Å². The fourth-order valence-electron chi connectivity index (χ4n) is 2.54. The number of carbonyl (C=O) groups excluding carboxylic acids is 1. The number of ether oxygens (including phenoxy) is 4. The highest BCUT2D eigenvalue weighted by Crippen LogP contribution is 2.29. The zero-order valence-corrected chi connectivity index (χ0v) is 16.7. The minimum absolute atomic E-state index is 0.376. The Kier molecular flexibility index (Phi) is 7.50. The molecule has 2 N–H and O–H groups in total. The molecule has 0 aliphatic heterocycles. The van der Waals surface area contributed by atoms with Gasteiger partial charge in [-0.15, -0.1) is 0 Å². The molecule has 0 atom stereocenters. The molecule has 0 heterocycles. The molecule has 0 aromatic heterocycles. The number of anilines is 1. The Bertz CT molecular complexity index is 852. The van der Waals surface area contributed by atoms with E-state index in [1.54, 1.807) is 33.4 Å². The van der Waals surface area contributed by atoms with Crippen molar-refractivity contribution >= 4 is 17.6 Å². The molecule has 0 amide bonds. The van der Waals surface area contributed by atoms with E-state index < -0.39 is 5.97 Å². The molecule has 0 aliphatic carbocycles. The number of benzene rings is 2. The van der Waals surface area contributed by atoms with Gasteiger partial charge >= 0.3 is 5.97 Å². The third kappa shape index (κ3) is 5.06. The highest BCUT2D eigenvalue weighted by Gasteiger charge is 2.13. The highest BCUT2D eigenvalue weighted by atomic mass is 16.5. The molecule has 0 saturated carbocycles. The van der Waals surface area contributed by atoms with E-state index in [1.807, 2.05) is 24.3 Å². The number of hydrogen-bond donors (Lipinski definition) is 2. The molecule has 0 bridgehead atoms. The molecule has 0 aliphatic rings. The number of aliphatic imine (C=N–C) groups is 1. The van der Waals surface area contributed by atoms with Gasteiger partial charge in [0, 0.05) is 25.3 Å². The predicted molar refractivity (Wildman–Crippen MR) is 108 cm³/mol. The summed E-state index contributed by atoms with van der Waals surface area (Å²) in [6.07, 6.45) is 0. The Morgan fingerprint density at radius 3 is 2.25 bits per heavy atom. The molecule has 0 radical (unpaired) electrons. The molecule has 2 aromatic rings. The van der Waals surface area contributed by atoms with Gasteiger partial charge in [0.15, 0.2) is 17.5 Å². The third-order valence-electron chi connectivity index (χ3n) is 4.00. The van der Waals surface area contributed by atoms with Crippen molar-refractivity contribution in [1.29, 1.82) is 0 Å². The molecule has 0 fully saturated rings. The standard InChI is InChI=1S/C20H25N3O5/c1-21-20(23-14-7-9-16(25-2)18(11-14)27-4)22-12-13-6-8-15(19(24)28-5)17(10-13)26-3/h6-11H,12H2,1-5H3,(H2,21,22,23). The van der Waals surface area contributed by atoms with Crippen LogP contribution in [0.25, 0.3) is 0 Å². The van der Waals surface area contributed by atoms with Crippen molar-refractivity contribution in [2.24, 2.45) is 4.99 Å². The Labute approximate surface area is 164 Å². The number of carbonyl (C=O) groups is 1. The first-order chi connectivity index (χ1) is 13.6. The van der Waals surface area contributed by atoms with Crippen LogP contribution in [0.1, 0.15) is 15.9 Å². The average molecular weight is 387 g/mol. The fourth-order valence-corrected chi connectivity index (χ4v) is 2.54. The van der Waals surface area contributed by atoms with Crippen LogP contribution < -0.4 is 24.8 Å². The molecular weight excluding hydrogens is 362 g/mol. The van der Waals surface area contributed by atoms with Crippen molar-refractivity contribution in [3.05, 3.63) is 47.5 Å². The monoisotopic (exact) mass is 387 g/mol. The van der Waals surface area contributed by atoms with Gasteiger partial charge in [-0.2, -0.15) is 0 Å². The summed E-state index contributed by atoms with van der Waals surface area (Å²) in [4.78, 5) is 16.0. The summed E-state index contributed by atoms with van der Waals surface area (Å²) in [6.45, 7) is 0.477. The lowest BCUT2D eigenvalue weighted by molar-refractivity contribution is 0.0597. The number of nitrogens with zero attached hydrogens (tertiary/aromatic N) is 1. The zero-order chi connectivity index (χ0) is 20.5. The van der Waals surface area contributed by atoms with Crippen molar-refractivity contribution in [2.75, 3.05) is 40.8 Å². The number of nitrogens with one attached hydrogen (secondary N) is 2. The number of methoxy groups -OCH3 is 4. The van der Waals surface area contributed by atoms with E-state index in [9.17, 15) is 4.79 Å². The first kappa shape index (κ1) is 20.9. The summed E-state index contributed by atoms with van der Waals surface area (Å²) in [5.41, 5.74) is 2.09. The van der Waals surface area contributed by atoms with Crippen LogP contribution in [0.2, 0.25) is 0 Å². The normalized spacial score (nSPS) is 10.8. The summed E-state index contributed by atoms with van der Waals surface area (Å²) >= 11 is 0. The van der Waals surface area contributed by atoms with Gasteiger partial charge in [0.25, 0.3) is 0 Å². The van der Waals surface area contributed by atoms with Crippen LogP contribution in [0.4, 0.5) is 5.69 Å². The molecule has 28 heavy (non-hydrogen) atoms. The van der Waals surface area contributed by atoms with Crippen molar-refractivity contribution < 1.29 is 23.7 Å². The van der Waals surface area contributed by atoms with Crippen LogP contribution in [0.3, 0.4) is 0 Å². The van der Waals surface area contributed by atoms with E-state index in [1.165, 1.54) is 14.2 Å². The van der Waals surface area contributed by atoms with Crippen LogP contribution in [0, 0.1) is 0 Å². The van der Waals surface area contributed by atoms with Crippen LogP contribution >= 0.6 is 0 Å². The first-order valence-corrected chi connectivity index (χ1v) is 8.51. The largest absolute Gasteiger partial charge is 0.496 e. The van der Waals surface area contributed by atoms with Crippen LogP contribution in [-0.4, -0.2) is 47.4 Å². The van der Waals surface area contributed by atoms with Crippen LogP contribution in [-0.2, 0) is 11.3 Å². The lowest BCUT2D eigenvalue weighted by atomic mass is 10.1. The van der Waals surface area contributed by atoms with Gasteiger partial charge in [0.2, 0.25) is 0 Å². The Morgan fingerprint density at radius 1 is 0.929 bits per heavy atom. The van der Waals surface area contributed by atoms with Gasteiger partial charge in [-0.3, -0.25) is 4.99 Å². The zero-order valence-electron chi connectivity index (χ0n) is 16.7. The number of rotatable bonds is 7. The molecule has 0 saturated heterocycles. The van der Waals surface area contributed by atoms with E-state index in [0.717, 1.165) is 11.3 Å². The molecule has 0 spiro atoms. The highest BCUT2D eigenvalue weighted by molar-refractivity contribution is 5.94. The smallest absolute Gasteiger partial charge is 0.341 e. The number of guanidine groups is 1. The van der Waals surface area contributed by atoms with Crippen molar-refractivity contribution in [3.63, 3.8) is 0 Å². The summed E-state index contributed by atoms with van der Waals surface area (Å²) in [6, 6.07) is 10.8. The van der Waals surface area contributed by atoms with E-state index in [-0.39, 0.29) is 0 Å². The second-order valence-electron chi connectivity index (χ2n) is 5.65. The summed E-state index contributed by atoms with van der Waals surface area (Å²) in [7, 11) is 7.69. The van der Waals surface area contributed by atoms with Crippen molar-refractivity contribution in [3.8, 4) is 17.2 Å². The molecule has 0 unspecified atom stereocenters. The second kappa shape index (κ2) is 10.1. The maximum absolute atomic E-state index is 11.8. The summed E-state index contributed by atoms with van der Waals surface area (Å²) in [5, 5.41) is 6.40. The molecule has 2 rings (SSSR count). The van der Waals surface area contributed by atoms with Crippen molar-refractivity contribution in [1.82, 2.24) is 5.32 Å². The van der Waals surface area contributed by atoms with Crippen LogP contribution in [0.15, 0.2) is 41.4 Å². The maximum Gasteiger partial charge on any atom is 0.341 e. The Hall–Kier alpha value is -3.42. The predicted octanol–water partition coefficient (Wildman–Crippen LogP) is 2.69. The maximum atomic E-state index is 11.8. The molecule has 2 aromatic carbocycles. The first-order valence-electron chi connectivity index (χ1n) is 8.51. The quantitative estimate of drug-likeness (QED) is 0.429. The Morgan fingerprint density at radius 2 is 1.64 bits per heavy atom. The van der Waals surface area contributed by atoms with Gasteiger partial charge in [-0.1, -0.05) is 6.07 Å². The van der Waals surface area contributed by atoms with E-state index in [4.69, 9.17) is 18.9 Å².